The molecule has 12 nitrogen and oxygen atoms in total. The van der Waals surface area contributed by atoms with Crippen molar-refractivity contribution in [3.63, 3.8) is 0 Å². The summed E-state index contributed by atoms with van der Waals surface area (Å²) in [6, 6.07) is 5.71. The number of benzene rings is 1. The van der Waals surface area contributed by atoms with Crippen molar-refractivity contribution in [2.24, 2.45) is 0 Å². The Morgan fingerprint density at radius 2 is 1.68 bits per heavy atom. The van der Waals surface area contributed by atoms with Gasteiger partial charge in [-0.1, -0.05) is 0 Å². The third-order valence-corrected chi connectivity index (χ3v) is 6.45. The van der Waals surface area contributed by atoms with Crippen LogP contribution in [0.1, 0.15) is 12.8 Å². The smallest absolute Gasteiger partial charge is 0.414 e. The molecule has 1 atom stereocenters. The molecule has 5 rings (SSSR count). The van der Waals surface area contributed by atoms with E-state index in [9.17, 15) is 28.0 Å². The number of rotatable bonds is 7. The molecule has 15 heteroatoms. The van der Waals surface area contributed by atoms with E-state index in [4.69, 9.17) is 4.74 Å². The SMILES string of the molecule is O=C(CC[C@H]1CN(c2ccc(N3CCn4c(=O)n(-c5ncccn5)c(=O)n4CC3)c(F)c2)C(=O)O1)C(F)F. The Bertz CT molecular complexity index is 1450. The summed E-state index contributed by atoms with van der Waals surface area (Å²) in [6.45, 7) is 0.648. The van der Waals surface area contributed by atoms with E-state index >= 15 is 4.39 Å². The van der Waals surface area contributed by atoms with Gasteiger partial charge in [0.05, 0.1) is 31.0 Å². The highest BCUT2D eigenvalue weighted by molar-refractivity contribution is 5.90. The fourth-order valence-corrected chi connectivity index (χ4v) is 4.53. The zero-order valence-electron chi connectivity index (χ0n) is 19.9. The van der Waals surface area contributed by atoms with Gasteiger partial charge in [-0.05, 0) is 30.7 Å². The van der Waals surface area contributed by atoms with E-state index in [-0.39, 0.29) is 56.5 Å². The second-order valence-electron chi connectivity index (χ2n) is 8.74. The molecule has 38 heavy (non-hydrogen) atoms. The fraction of sp³-hybridized carbons (Fsp3) is 0.391. The van der Waals surface area contributed by atoms with Crippen molar-refractivity contribution < 1.29 is 27.5 Å². The Morgan fingerprint density at radius 1 is 1.03 bits per heavy atom. The lowest BCUT2D eigenvalue weighted by Crippen LogP contribution is -2.33. The molecule has 1 fully saturated rings. The number of Topliss-reactive ketones (excluding diaryl/α,β-unsaturated/α-hetero) is 1. The summed E-state index contributed by atoms with van der Waals surface area (Å²) in [4.78, 5) is 60.0. The molecule has 3 aromatic rings. The van der Waals surface area contributed by atoms with Gasteiger partial charge in [0, 0.05) is 31.9 Å². The maximum absolute atomic E-state index is 15.2. The lowest BCUT2D eigenvalue weighted by atomic mass is 10.1. The Balaban J connectivity index is 1.29. The summed E-state index contributed by atoms with van der Waals surface area (Å²) in [5.41, 5.74) is -0.777. The summed E-state index contributed by atoms with van der Waals surface area (Å²) >= 11 is 0. The van der Waals surface area contributed by atoms with Crippen molar-refractivity contribution in [1.29, 1.82) is 0 Å². The molecule has 2 aliphatic heterocycles. The normalized spacial score (nSPS) is 17.5. The number of ketones is 1. The minimum absolute atomic E-state index is 0.00633. The van der Waals surface area contributed by atoms with Gasteiger partial charge in [0.1, 0.15) is 11.9 Å². The maximum atomic E-state index is 15.2. The predicted molar refractivity (Wildman–Crippen MR) is 126 cm³/mol. The van der Waals surface area contributed by atoms with Crippen LogP contribution in [0, 0.1) is 5.82 Å². The molecule has 0 spiro atoms. The Hall–Kier alpha value is -4.43. The summed E-state index contributed by atoms with van der Waals surface area (Å²) in [7, 11) is 0. The average Bonchev–Trinajstić information content (AvgIpc) is 3.27. The van der Waals surface area contributed by atoms with E-state index in [1.807, 2.05) is 0 Å². The van der Waals surface area contributed by atoms with Crippen LogP contribution in [0.15, 0.2) is 46.2 Å². The number of hydrogen-bond donors (Lipinski definition) is 0. The monoisotopic (exact) mass is 533 g/mol. The number of cyclic esters (lactones) is 1. The Morgan fingerprint density at radius 3 is 2.29 bits per heavy atom. The summed E-state index contributed by atoms with van der Waals surface area (Å²) in [5.74, 6) is -1.90. The van der Waals surface area contributed by atoms with Crippen molar-refractivity contribution in [2.75, 3.05) is 29.4 Å². The number of hydrogen-bond acceptors (Lipinski definition) is 8. The molecule has 2 aromatic heterocycles. The number of ether oxygens (including phenoxy) is 1. The highest BCUT2D eigenvalue weighted by Gasteiger charge is 2.34. The van der Waals surface area contributed by atoms with Crippen LogP contribution < -0.4 is 21.2 Å². The number of anilines is 2. The Kier molecular flexibility index (Phi) is 6.73. The fourth-order valence-electron chi connectivity index (χ4n) is 4.53. The number of aromatic nitrogens is 5. The van der Waals surface area contributed by atoms with Gasteiger partial charge in [0.15, 0.2) is 5.78 Å². The quantitative estimate of drug-likeness (QED) is 0.444. The van der Waals surface area contributed by atoms with E-state index in [0.717, 1.165) is 10.6 Å². The number of carbonyl (C=O) groups is 2. The lowest BCUT2D eigenvalue weighted by molar-refractivity contribution is -0.129. The highest BCUT2D eigenvalue weighted by Crippen LogP contribution is 2.29. The van der Waals surface area contributed by atoms with E-state index in [1.54, 1.807) is 11.0 Å². The number of halogens is 3. The van der Waals surface area contributed by atoms with Crippen molar-refractivity contribution in [3.05, 3.63) is 63.4 Å². The molecule has 1 saturated heterocycles. The first-order valence-electron chi connectivity index (χ1n) is 11.8. The third kappa shape index (κ3) is 4.66. The van der Waals surface area contributed by atoms with Gasteiger partial charge < -0.3 is 9.64 Å². The topological polar surface area (TPSA) is 125 Å². The van der Waals surface area contributed by atoms with E-state index in [2.05, 4.69) is 9.97 Å². The molecule has 0 N–H and O–H groups in total. The first-order chi connectivity index (χ1) is 18.2. The van der Waals surface area contributed by atoms with Gasteiger partial charge in [-0.3, -0.25) is 9.69 Å². The van der Waals surface area contributed by atoms with Crippen LogP contribution in [-0.2, 0) is 22.6 Å². The maximum Gasteiger partial charge on any atom is 0.414 e. The number of amides is 1. The van der Waals surface area contributed by atoms with Crippen LogP contribution in [0.2, 0.25) is 0 Å². The molecule has 0 bridgehead atoms. The molecule has 4 heterocycles. The summed E-state index contributed by atoms with van der Waals surface area (Å²) in [5, 5.41) is 0. The molecular weight excluding hydrogens is 511 g/mol. The zero-order valence-corrected chi connectivity index (χ0v) is 19.9. The molecule has 200 valence electrons. The van der Waals surface area contributed by atoms with E-state index in [0.29, 0.717) is 0 Å². The molecular formula is C23H22F3N7O5. The second-order valence-corrected chi connectivity index (χ2v) is 8.74. The van der Waals surface area contributed by atoms with Crippen molar-refractivity contribution in [1.82, 2.24) is 23.9 Å². The lowest BCUT2D eigenvalue weighted by Gasteiger charge is -2.23. The number of carbonyl (C=O) groups excluding carboxylic acids is 2. The molecule has 0 unspecified atom stereocenters. The zero-order chi connectivity index (χ0) is 27.0. The van der Waals surface area contributed by atoms with Gasteiger partial charge in [-0.2, -0.15) is 4.57 Å². The highest BCUT2D eigenvalue weighted by atomic mass is 19.3. The number of nitrogens with zero attached hydrogens (tertiary/aromatic N) is 7. The molecule has 0 radical (unpaired) electrons. The minimum Gasteiger partial charge on any atom is -0.444 e. The molecule has 1 aromatic carbocycles. The average molecular weight is 533 g/mol. The molecule has 0 saturated carbocycles. The van der Waals surface area contributed by atoms with Crippen LogP contribution in [0.25, 0.3) is 5.95 Å². The number of fused-ring (bicyclic) bond motifs is 1. The summed E-state index contributed by atoms with van der Waals surface area (Å²) in [6.07, 6.45) is -2.25. The first-order valence-corrected chi connectivity index (χ1v) is 11.8. The van der Waals surface area contributed by atoms with Gasteiger partial charge in [0.25, 0.3) is 6.43 Å². The second kappa shape index (κ2) is 10.1. The van der Waals surface area contributed by atoms with E-state index < -0.39 is 48.0 Å². The largest absolute Gasteiger partial charge is 0.444 e. The van der Waals surface area contributed by atoms with Crippen LogP contribution >= 0.6 is 0 Å². The van der Waals surface area contributed by atoms with Gasteiger partial charge in [-0.15, -0.1) is 0 Å². The Labute approximate surface area is 212 Å². The minimum atomic E-state index is -3.08. The first kappa shape index (κ1) is 25.2. The van der Waals surface area contributed by atoms with Gasteiger partial charge >= 0.3 is 17.5 Å². The van der Waals surface area contributed by atoms with Crippen LogP contribution in [0.4, 0.5) is 29.3 Å². The van der Waals surface area contributed by atoms with Gasteiger partial charge in [0.2, 0.25) is 5.95 Å². The molecule has 1 amide bonds. The molecule has 2 aliphatic rings. The van der Waals surface area contributed by atoms with Crippen LogP contribution in [0.5, 0.6) is 0 Å². The van der Waals surface area contributed by atoms with Crippen LogP contribution in [0.3, 0.4) is 0 Å². The molecule has 0 aliphatic carbocycles. The van der Waals surface area contributed by atoms with Crippen molar-refractivity contribution in [3.8, 4) is 5.95 Å². The van der Waals surface area contributed by atoms with E-state index in [1.165, 1.54) is 38.8 Å². The standard InChI is InChI=1S/C23H22F3N7O5/c24-16-12-14(30-13-15(38-23(30)37)3-5-18(34)19(25)26)2-4-17(16)29-8-10-31-21(35)33(20-27-6-1-7-28-20)22(36)32(31)11-9-29/h1-2,4,6-7,12,15,19H,3,5,8-11,13H2/t15-/m0/s1. The van der Waals surface area contributed by atoms with Crippen LogP contribution in [-0.4, -0.2) is 67.9 Å². The third-order valence-electron chi connectivity index (χ3n) is 6.45. The van der Waals surface area contributed by atoms with Gasteiger partial charge in [-0.25, -0.2) is 46.9 Å². The van der Waals surface area contributed by atoms with Crippen molar-refractivity contribution in [2.45, 2.75) is 38.5 Å². The number of alkyl halides is 2. The van der Waals surface area contributed by atoms with Crippen molar-refractivity contribution >= 4 is 23.3 Å². The summed E-state index contributed by atoms with van der Waals surface area (Å²) < 4.78 is 48.6. The predicted octanol–water partition coefficient (Wildman–Crippen LogP) is 1.19.